The Kier molecular flexibility index (Phi) is 3.44. The maximum atomic E-state index is 11.6. The van der Waals surface area contributed by atoms with Crippen LogP contribution in [-0.4, -0.2) is 11.9 Å². The van der Waals surface area contributed by atoms with Crippen molar-refractivity contribution in [2.45, 2.75) is 25.8 Å². The molecule has 1 fully saturated rings. The van der Waals surface area contributed by atoms with Crippen LogP contribution in [0.25, 0.3) is 5.57 Å². The van der Waals surface area contributed by atoms with Crippen LogP contribution < -0.4 is 5.32 Å². The SMILES string of the molecule is CC(=CC(=O)NC1CC1)c1cccc(Br)c1. The molecule has 2 nitrogen and oxygen atoms in total. The third-order valence-corrected chi connectivity index (χ3v) is 3.04. The van der Waals surface area contributed by atoms with Gasteiger partial charge in [0, 0.05) is 16.6 Å². The van der Waals surface area contributed by atoms with Gasteiger partial charge < -0.3 is 5.32 Å². The molecule has 1 aliphatic carbocycles. The van der Waals surface area contributed by atoms with Gasteiger partial charge in [-0.15, -0.1) is 0 Å². The summed E-state index contributed by atoms with van der Waals surface area (Å²) < 4.78 is 1.03. The molecule has 0 bridgehead atoms. The van der Waals surface area contributed by atoms with E-state index >= 15 is 0 Å². The summed E-state index contributed by atoms with van der Waals surface area (Å²) in [4.78, 5) is 11.6. The van der Waals surface area contributed by atoms with E-state index in [1.165, 1.54) is 0 Å². The van der Waals surface area contributed by atoms with Gasteiger partial charge in [0.1, 0.15) is 0 Å². The molecule has 0 heterocycles. The van der Waals surface area contributed by atoms with Crippen LogP contribution in [-0.2, 0) is 4.79 Å². The number of nitrogens with one attached hydrogen (secondary N) is 1. The van der Waals surface area contributed by atoms with E-state index in [-0.39, 0.29) is 5.91 Å². The molecular formula is C13H14BrNO. The first-order chi connectivity index (χ1) is 7.65. The van der Waals surface area contributed by atoms with Crippen molar-refractivity contribution in [2.75, 3.05) is 0 Å². The van der Waals surface area contributed by atoms with Crippen LogP contribution in [0.3, 0.4) is 0 Å². The van der Waals surface area contributed by atoms with Gasteiger partial charge in [-0.1, -0.05) is 28.1 Å². The molecule has 1 N–H and O–H groups in total. The number of carbonyl (C=O) groups excluding carboxylic acids is 1. The molecule has 1 amide bonds. The molecule has 0 atom stereocenters. The van der Waals surface area contributed by atoms with Crippen LogP contribution in [0.5, 0.6) is 0 Å². The van der Waals surface area contributed by atoms with Crippen molar-refractivity contribution in [3.05, 3.63) is 40.4 Å². The van der Waals surface area contributed by atoms with Gasteiger partial charge in [-0.25, -0.2) is 0 Å². The van der Waals surface area contributed by atoms with Gasteiger partial charge >= 0.3 is 0 Å². The third kappa shape index (κ3) is 3.20. The predicted molar refractivity (Wildman–Crippen MR) is 69.0 cm³/mol. The Bertz CT molecular complexity index is 435. The topological polar surface area (TPSA) is 29.1 Å². The minimum atomic E-state index is 0.0139. The summed E-state index contributed by atoms with van der Waals surface area (Å²) in [6.45, 7) is 1.95. The smallest absolute Gasteiger partial charge is 0.244 e. The van der Waals surface area contributed by atoms with Crippen LogP contribution >= 0.6 is 15.9 Å². The van der Waals surface area contributed by atoms with Crippen LogP contribution in [0.15, 0.2) is 34.8 Å². The number of amides is 1. The molecule has 1 aliphatic rings. The van der Waals surface area contributed by atoms with Crippen LogP contribution in [0.4, 0.5) is 0 Å². The van der Waals surface area contributed by atoms with E-state index in [1.54, 1.807) is 6.08 Å². The summed E-state index contributed by atoms with van der Waals surface area (Å²) in [5.41, 5.74) is 2.06. The van der Waals surface area contributed by atoms with Crippen molar-refractivity contribution in [3.8, 4) is 0 Å². The zero-order valence-electron chi connectivity index (χ0n) is 9.16. The number of halogens is 1. The van der Waals surface area contributed by atoms with Gasteiger partial charge in [-0.2, -0.15) is 0 Å². The Morgan fingerprint density at radius 3 is 2.88 bits per heavy atom. The molecule has 0 aromatic heterocycles. The standard InChI is InChI=1S/C13H14BrNO/c1-9(7-13(16)15-12-5-6-12)10-3-2-4-11(14)8-10/h2-4,7-8,12H,5-6H2,1H3,(H,15,16). The van der Waals surface area contributed by atoms with Crippen LogP contribution in [0.2, 0.25) is 0 Å². The molecule has 0 saturated heterocycles. The fourth-order valence-electron chi connectivity index (χ4n) is 1.48. The normalized spacial score (nSPS) is 16.0. The minimum absolute atomic E-state index is 0.0139. The van der Waals surface area contributed by atoms with Gasteiger partial charge in [-0.05, 0) is 43.0 Å². The largest absolute Gasteiger partial charge is 0.350 e. The first-order valence-electron chi connectivity index (χ1n) is 5.40. The van der Waals surface area contributed by atoms with Crippen molar-refractivity contribution in [3.63, 3.8) is 0 Å². The molecule has 1 aromatic rings. The van der Waals surface area contributed by atoms with E-state index in [0.29, 0.717) is 6.04 Å². The van der Waals surface area contributed by atoms with Gasteiger partial charge in [0.15, 0.2) is 0 Å². The summed E-state index contributed by atoms with van der Waals surface area (Å²) in [5, 5.41) is 2.94. The summed E-state index contributed by atoms with van der Waals surface area (Å²) in [7, 11) is 0. The third-order valence-electron chi connectivity index (χ3n) is 2.55. The molecule has 0 aliphatic heterocycles. The average Bonchev–Trinajstić information content (AvgIpc) is 3.01. The second-order valence-corrected chi connectivity index (χ2v) is 5.04. The first kappa shape index (κ1) is 11.4. The van der Waals surface area contributed by atoms with Crippen molar-refractivity contribution in [1.82, 2.24) is 5.32 Å². The Morgan fingerprint density at radius 2 is 2.25 bits per heavy atom. The van der Waals surface area contributed by atoms with E-state index in [2.05, 4.69) is 21.2 Å². The number of allylic oxidation sites excluding steroid dienone is 1. The summed E-state index contributed by atoms with van der Waals surface area (Å²) in [5.74, 6) is 0.0139. The maximum absolute atomic E-state index is 11.6. The molecule has 3 heteroatoms. The highest BCUT2D eigenvalue weighted by Gasteiger charge is 2.22. The number of rotatable bonds is 3. The lowest BCUT2D eigenvalue weighted by Crippen LogP contribution is -2.23. The van der Waals surface area contributed by atoms with Gasteiger partial charge in [0.25, 0.3) is 0 Å². The van der Waals surface area contributed by atoms with E-state index in [1.807, 2.05) is 31.2 Å². The zero-order chi connectivity index (χ0) is 11.5. The molecule has 0 radical (unpaired) electrons. The zero-order valence-corrected chi connectivity index (χ0v) is 10.8. The number of carbonyl (C=O) groups is 1. The molecule has 0 unspecified atom stereocenters. The molecule has 1 aromatic carbocycles. The first-order valence-corrected chi connectivity index (χ1v) is 6.19. The lowest BCUT2D eigenvalue weighted by molar-refractivity contribution is -0.116. The van der Waals surface area contributed by atoms with Crippen molar-refractivity contribution >= 4 is 27.4 Å². The van der Waals surface area contributed by atoms with Gasteiger partial charge in [0.05, 0.1) is 0 Å². The second-order valence-electron chi connectivity index (χ2n) is 4.12. The van der Waals surface area contributed by atoms with Crippen LogP contribution in [0.1, 0.15) is 25.3 Å². The second kappa shape index (κ2) is 4.83. The van der Waals surface area contributed by atoms with Gasteiger partial charge in [0.2, 0.25) is 5.91 Å². The van der Waals surface area contributed by atoms with E-state index in [0.717, 1.165) is 28.5 Å². The van der Waals surface area contributed by atoms with E-state index in [9.17, 15) is 4.79 Å². The minimum Gasteiger partial charge on any atom is -0.350 e. The maximum Gasteiger partial charge on any atom is 0.244 e. The lowest BCUT2D eigenvalue weighted by atomic mass is 10.1. The molecular weight excluding hydrogens is 266 g/mol. The van der Waals surface area contributed by atoms with E-state index in [4.69, 9.17) is 0 Å². The highest BCUT2D eigenvalue weighted by Crippen LogP contribution is 2.20. The Morgan fingerprint density at radius 1 is 1.50 bits per heavy atom. The number of hydrogen-bond acceptors (Lipinski definition) is 1. The highest BCUT2D eigenvalue weighted by atomic mass is 79.9. The Labute approximate surface area is 104 Å². The fourth-order valence-corrected chi connectivity index (χ4v) is 1.88. The van der Waals surface area contributed by atoms with Crippen molar-refractivity contribution < 1.29 is 4.79 Å². The number of benzene rings is 1. The van der Waals surface area contributed by atoms with Gasteiger partial charge in [-0.3, -0.25) is 4.79 Å². The molecule has 1 saturated carbocycles. The predicted octanol–water partition coefficient (Wildman–Crippen LogP) is 3.13. The van der Waals surface area contributed by atoms with E-state index < -0.39 is 0 Å². The van der Waals surface area contributed by atoms with Crippen LogP contribution in [0, 0.1) is 0 Å². The molecule has 2 rings (SSSR count). The Hall–Kier alpha value is -1.09. The average molecular weight is 280 g/mol. The highest BCUT2D eigenvalue weighted by molar-refractivity contribution is 9.10. The Balaban J connectivity index is 2.07. The number of hydrogen-bond donors (Lipinski definition) is 1. The summed E-state index contributed by atoms with van der Waals surface area (Å²) >= 11 is 3.42. The lowest BCUT2D eigenvalue weighted by Gasteiger charge is -2.03. The summed E-state index contributed by atoms with van der Waals surface area (Å²) in [6, 6.07) is 8.37. The summed E-state index contributed by atoms with van der Waals surface area (Å²) in [6.07, 6.45) is 3.91. The monoisotopic (exact) mass is 279 g/mol. The quantitative estimate of drug-likeness (QED) is 0.847. The fraction of sp³-hybridized carbons (Fsp3) is 0.308. The molecule has 16 heavy (non-hydrogen) atoms. The van der Waals surface area contributed by atoms with Crippen molar-refractivity contribution in [2.24, 2.45) is 0 Å². The molecule has 0 spiro atoms. The van der Waals surface area contributed by atoms with Crippen molar-refractivity contribution in [1.29, 1.82) is 0 Å². The molecule has 84 valence electrons.